The van der Waals surface area contributed by atoms with Gasteiger partial charge in [-0.25, -0.2) is 4.39 Å². The van der Waals surface area contributed by atoms with Gasteiger partial charge >= 0.3 is 0 Å². The first kappa shape index (κ1) is 13.3. The number of ether oxygens (including phenoxy) is 1. The third-order valence-corrected chi connectivity index (χ3v) is 4.16. The molecule has 20 heavy (non-hydrogen) atoms. The van der Waals surface area contributed by atoms with E-state index in [0.29, 0.717) is 12.5 Å². The van der Waals surface area contributed by atoms with Gasteiger partial charge in [-0.05, 0) is 18.9 Å². The van der Waals surface area contributed by atoms with Crippen molar-refractivity contribution in [2.45, 2.75) is 31.0 Å². The molecule has 1 heterocycles. The Morgan fingerprint density at radius 3 is 3.00 bits per heavy atom. The molecule has 4 atom stereocenters. The molecule has 3 rings (SSSR count). The number of nitro benzene ring substituents is 1. The highest BCUT2D eigenvalue weighted by atomic mass is 19.1. The van der Waals surface area contributed by atoms with Gasteiger partial charge < -0.3 is 15.8 Å². The minimum Gasteiger partial charge on any atom is -0.376 e. The van der Waals surface area contributed by atoms with Gasteiger partial charge in [0.15, 0.2) is 5.82 Å². The van der Waals surface area contributed by atoms with Crippen molar-refractivity contribution in [3.8, 4) is 0 Å². The maximum Gasteiger partial charge on any atom is 0.272 e. The Morgan fingerprint density at radius 1 is 1.50 bits per heavy atom. The molecule has 4 unspecified atom stereocenters. The minimum atomic E-state index is -0.648. The molecule has 0 aromatic heterocycles. The van der Waals surface area contributed by atoms with Gasteiger partial charge in [-0.3, -0.25) is 10.1 Å². The molecule has 0 spiro atoms. The van der Waals surface area contributed by atoms with Crippen LogP contribution in [0.25, 0.3) is 0 Å². The Kier molecular flexibility index (Phi) is 3.31. The number of nitro groups is 1. The fourth-order valence-corrected chi connectivity index (χ4v) is 3.04. The standard InChI is InChI=1S/C13H16FN3O3/c14-9-6-7(17(18)19)3-4-10(9)16-12-11(15)8-2-1-5-20-13(8)12/h3-4,6,8,11-13,16H,1-2,5,15H2. The summed E-state index contributed by atoms with van der Waals surface area (Å²) in [5, 5.41) is 13.6. The van der Waals surface area contributed by atoms with E-state index >= 15 is 0 Å². The topological polar surface area (TPSA) is 90.4 Å². The number of hydrogen-bond donors (Lipinski definition) is 2. The number of hydrogen-bond acceptors (Lipinski definition) is 5. The zero-order valence-corrected chi connectivity index (χ0v) is 10.8. The summed E-state index contributed by atoms with van der Waals surface area (Å²) in [4.78, 5) is 9.95. The molecule has 0 bridgehead atoms. The molecule has 1 aliphatic carbocycles. The van der Waals surface area contributed by atoms with Crippen molar-refractivity contribution in [1.29, 1.82) is 0 Å². The van der Waals surface area contributed by atoms with Crippen LogP contribution in [0.4, 0.5) is 15.8 Å². The lowest BCUT2D eigenvalue weighted by Crippen LogP contribution is -2.69. The summed E-state index contributed by atoms with van der Waals surface area (Å²) in [5.41, 5.74) is 6.04. The first-order valence-corrected chi connectivity index (χ1v) is 6.65. The Balaban J connectivity index is 1.73. The van der Waals surface area contributed by atoms with Gasteiger partial charge in [-0.1, -0.05) is 0 Å². The third kappa shape index (κ3) is 2.12. The highest BCUT2D eigenvalue weighted by Crippen LogP contribution is 2.39. The lowest BCUT2D eigenvalue weighted by molar-refractivity contribution is -0.385. The van der Waals surface area contributed by atoms with Gasteiger partial charge in [0.2, 0.25) is 0 Å². The van der Waals surface area contributed by atoms with Crippen LogP contribution in [-0.4, -0.2) is 29.7 Å². The largest absolute Gasteiger partial charge is 0.376 e. The summed E-state index contributed by atoms with van der Waals surface area (Å²) >= 11 is 0. The quantitative estimate of drug-likeness (QED) is 0.649. The Labute approximate surface area is 115 Å². The summed E-state index contributed by atoms with van der Waals surface area (Å²) < 4.78 is 19.5. The number of nitrogens with zero attached hydrogens (tertiary/aromatic N) is 1. The van der Waals surface area contributed by atoms with Crippen LogP contribution in [0.15, 0.2) is 18.2 Å². The second kappa shape index (κ2) is 4.99. The van der Waals surface area contributed by atoms with Crippen molar-refractivity contribution in [2.24, 2.45) is 11.7 Å². The van der Waals surface area contributed by atoms with Crippen molar-refractivity contribution in [2.75, 3.05) is 11.9 Å². The smallest absolute Gasteiger partial charge is 0.272 e. The normalized spacial score (nSPS) is 32.1. The minimum absolute atomic E-state index is 0.00772. The van der Waals surface area contributed by atoms with E-state index in [-0.39, 0.29) is 29.6 Å². The number of anilines is 1. The van der Waals surface area contributed by atoms with Crippen LogP contribution in [0.1, 0.15) is 12.8 Å². The lowest BCUT2D eigenvalue weighted by atomic mass is 9.68. The van der Waals surface area contributed by atoms with E-state index < -0.39 is 10.7 Å². The molecule has 108 valence electrons. The second-order valence-electron chi connectivity index (χ2n) is 5.31. The van der Waals surface area contributed by atoms with Crippen LogP contribution in [0, 0.1) is 21.8 Å². The van der Waals surface area contributed by atoms with E-state index in [9.17, 15) is 14.5 Å². The Bertz CT molecular complexity index is 540. The van der Waals surface area contributed by atoms with E-state index in [1.54, 1.807) is 0 Å². The summed E-state index contributed by atoms with van der Waals surface area (Å²) in [6.45, 7) is 0.703. The van der Waals surface area contributed by atoms with E-state index in [0.717, 1.165) is 18.9 Å². The van der Waals surface area contributed by atoms with E-state index in [2.05, 4.69) is 5.32 Å². The number of rotatable bonds is 3. The second-order valence-corrected chi connectivity index (χ2v) is 5.31. The Hall–Kier alpha value is -1.73. The zero-order chi connectivity index (χ0) is 14.3. The molecule has 3 N–H and O–H groups in total. The van der Waals surface area contributed by atoms with Gasteiger partial charge in [0.05, 0.1) is 28.8 Å². The lowest BCUT2D eigenvalue weighted by Gasteiger charge is -2.52. The highest BCUT2D eigenvalue weighted by molar-refractivity contribution is 5.51. The summed E-state index contributed by atoms with van der Waals surface area (Å²) in [7, 11) is 0. The van der Waals surface area contributed by atoms with Crippen molar-refractivity contribution in [3.05, 3.63) is 34.1 Å². The maximum absolute atomic E-state index is 13.8. The van der Waals surface area contributed by atoms with Gasteiger partial charge in [0.25, 0.3) is 5.69 Å². The average molecular weight is 281 g/mol. The van der Waals surface area contributed by atoms with Crippen LogP contribution < -0.4 is 11.1 Å². The number of benzene rings is 1. The predicted octanol–water partition coefficient (Wildman–Crippen LogP) is 1.65. The number of nitrogens with two attached hydrogens (primary N) is 1. The monoisotopic (exact) mass is 281 g/mol. The molecule has 7 heteroatoms. The zero-order valence-electron chi connectivity index (χ0n) is 10.8. The Morgan fingerprint density at radius 2 is 2.30 bits per heavy atom. The molecule has 0 amide bonds. The van der Waals surface area contributed by atoms with Crippen molar-refractivity contribution >= 4 is 11.4 Å². The number of fused-ring (bicyclic) bond motifs is 1. The average Bonchev–Trinajstić information content (AvgIpc) is 2.45. The van der Waals surface area contributed by atoms with Crippen molar-refractivity contribution < 1.29 is 14.1 Å². The fourth-order valence-electron chi connectivity index (χ4n) is 3.04. The maximum atomic E-state index is 13.8. The van der Waals surface area contributed by atoms with Gasteiger partial charge in [0.1, 0.15) is 0 Å². The first-order chi connectivity index (χ1) is 9.58. The van der Waals surface area contributed by atoms with Gasteiger partial charge in [-0.15, -0.1) is 0 Å². The fraction of sp³-hybridized carbons (Fsp3) is 0.538. The van der Waals surface area contributed by atoms with Crippen LogP contribution in [0.3, 0.4) is 0 Å². The van der Waals surface area contributed by atoms with Crippen LogP contribution in [0.2, 0.25) is 0 Å². The molecule has 1 aliphatic heterocycles. The van der Waals surface area contributed by atoms with Crippen molar-refractivity contribution in [1.82, 2.24) is 0 Å². The van der Waals surface area contributed by atoms with Crippen LogP contribution >= 0.6 is 0 Å². The molecule has 1 saturated carbocycles. The molecule has 0 radical (unpaired) electrons. The molecule has 2 aliphatic rings. The van der Waals surface area contributed by atoms with Gasteiger partial charge in [0, 0.05) is 24.6 Å². The third-order valence-electron chi connectivity index (χ3n) is 4.16. The number of nitrogens with one attached hydrogen (secondary N) is 1. The van der Waals surface area contributed by atoms with Crippen LogP contribution in [-0.2, 0) is 4.74 Å². The summed E-state index contributed by atoms with van der Waals surface area (Å²) in [6, 6.07) is 3.34. The molecule has 1 aromatic rings. The molecule has 1 aromatic carbocycles. The highest BCUT2D eigenvalue weighted by Gasteiger charge is 2.50. The summed E-state index contributed by atoms with van der Waals surface area (Å²) in [6.07, 6.45) is 2.05. The van der Waals surface area contributed by atoms with E-state index in [1.807, 2.05) is 0 Å². The molecular formula is C13H16FN3O3. The summed E-state index contributed by atoms with van der Waals surface area (Å²) in [5.74, 6) is -0.326. The molecular weight excluding hydrogens is 265 g/mol. The predicted molar refractivity (Wildman–Crippen MR) is 70.9 cm³/mol. The van der Waals surface area contributed by atoms with Crippen LogP contribution in [0.5, 0.6) is 0 Å². The van der Waals surface area contributed by atoms with Crippen molar-refractivity contribution in [3.63, 3.8) is 0 Å². The first-order valence-electron chi connectivity index (χ1n) is 6.65. The SMILES string of the molecule is NC1C2CCCOC2C1Nc1ccc([N+](=O)[O-])cc1F. The number of halogens is 1. The van der Waals surface area contributed by atoms with Gasteiger partial charge in [-0.2, -0.15) is 0 Å². The number of non-ortho nitro benzene ring substituents is 1. The van der Waals surface area contributed by atoms with E-state index in [1.165, 1.54) is 12.1 Å². The molecule has 2 fully saturated rings. The van der Waals surface area contributed by atoms with E-state index in [4.69, 9.17) is 10.5 Å². The molecule has 6 nitrogen and oxygen atoms in total. The molecule has 1 saturated heterocycles.